The van der Waals surface area contributed by atoms with Gasteiger partial charge in [-0.15, -0.1) is 11.3 Å². The van der Waals surface area contributed by atoms with Crippen LogP contribution in [-0.2, 0) is 0 Å². The Morgan fingerprint density at radius 2 is 1.93 bits per heavy atom. The Kier molecular flexibility index (Phi) is 11.6. The third kappa shape index (κ3) is 7.32. The normalized spacial score (nSPS) is 10.3. The fourth-order valence-corrected chi connectivity index (χ4v) is 3.41. The van der Waals surface area contributed by atoms with E-state index in [0.29, 0.717) is 0 Å². The van der Waals surface area contributed by atoms with Crippen molar-refractivity contribution < 1.29 is 0 Å². The minimum Gasteiger partial charge on any atom is -0.365 e. The third-order valence-electron chi connectivity index (χ3n) is 3.69. The molecule has 4 heteroatoms. The third-order valence-corrected chi connectivity index (χ3v) is 4.73. The quantitative estimate of drug-likeness (QED) is 0.547. The van der Waals surface area contributed by atoms with E-state index in [1.807, 2.05) is 19.1 Å². The smallest absolute Gasteiger partial charge is 0.0994 e. The summed E-state index contributed by atoms with van der Waals surface area (Å²) in [4.78, 5) is 1.24. The lowest BCUT2D eigenvalue weighted by Crippen LogP contribution is -2.25. The first kappa shape index (κ1) is 24.5. The first-order chi connectivity index (χ1) is 12.5. The molecule has 0 aliphatic heterocycles. The number of rotatable bonds is 7. The van der Waals surface area contributed by atoms with Gasteiger partial charge in [-0.1, -0.05) is 59.9 Å². The second-order valence-corrected chi connectivity index (χ2v) is 6.96. The van der Waals surface area contributed by atoms with Crippen molar-refractivity contribution in [3.8, 4) is 17.2 Å². The Morgan fingerprint density at radius 3 is 2.48 bits per heavy atom. The molecule has 27 heavy (non-hydrogen) atoms. The van der Waals surface area contributed by atoms with Gasteiger partial charge in [0.15, 0.2) is 0 Å². The molecule has 2 N–H and O–H groups in total. The molecule has 1 heterocycles. The van der Waals surface area contributed by atoms with Gasteiger partial charge < -0.3 is 10.6 Å². The van der Waals surface area contributed by atoms with Crippen LogP contribution in [-0.4, -0.2) is 0 Å². The van der Waals surface area contributed by atoms with Crippen molar-refractivity contribution in [2.24, 2.45) is 0 Å². The van der Waals surface area contributed by atoms with Crippen LogP contribution >= 0.6 is 11.3 Å². The lowest BCUT2D eigenvalue weighted by atomic mass is 10.0. The summed E-state index contributed by atoms with van der Waals surface area (Å²) in [6.45, 7) is 15.9. The molecule has 0 aliphatic carbocycles. The number of nitriles is 1. The summed E-state index contributed by atoms with van der Waals surface area (Å²) >= 11 is 1.71. The Labute approximate surface area is 169 Å². The summed E-state index contributed by atoms with van der Waals surface area (Å²) < 4.78 is 0. The van der Waals surface area contributed by atoms with Crippen molar-refractivity contribution in [1.82, 2.24) is 10.6 Å². The number of hydrogen-bond donors (Lipinski definition) is 2. The minimum atomic E-state index is 0. The molecule has 146 valence electrons. The van der Waals surface area contributed by atoms with Gasteiger partial charge in [0.1, 0.15) is 0 Å². The van der Waals surface area contributed by atoms with Gasteiger partial charge in [-0.2, -0.15) is 5.26 Å². The molecule has 1 aromatic carbocycles. The molecular formula is C23H33N3S. The van der Waals surface area contributed by atoms with Gasteiger partial charge in [0, 0.05) is 4.88 Å². The number of benzene rings is 1. The van der Waals surface area contributed by atoms with Crippen LogP contribution in [0.5, 0.6) is 0 Å². The van der Waals surface area contributed by atoms with E-state index in [-0.39, 0.29) is 13.5 Å². The molecular weight excluding hydrogens is 350 g/mol. The zero-order valence-corrected chi connectivity index (χ0v) is 17.0. The summed E-state index contributed by atoms with van der Waals surface area (Å²) in [6, 6.07) is 10.6. The predicted octanol–water partition coefficient (Wildman–Crippen LogP) is 6.89. The molecule has 3 nitrogen and oxygen atoms in total. The molecule has 1 aromatic heterocycles. The fraction of sp³-hybridized carbons (Fsp3) is 0.348. The van der Waals surface area contributed by atoms with Crippen molar-refractivity contribution in [2.75, 3.05) is 0 Å². The van der Waals surface area contributed by atoms with E-state index in [1.54, 1.807) is 17.5 Å². The van der Waals surface area contributed by atoms with Crippen LogP contribution < -0.4 is 10.6 Å². The molecule has 0 spiro atoms. The number of nitrogens with one attached hydrogen (secondary N) is 2. The summed E-state index contributed by atoms with van der Waals surface area (Å²) in [7, 11) is 0. The lowest BCUT2D eigenvalue weighted by molar-refractivity contribution is 0.572. The highest BCUT2D eigenvalue weighted by molar-refractivity contribution is 7.10. The number of aryl methyl sites for hydroxylation is 1. The molecule has 1 unspecified atom stereocenters. The molecule has 0 bridgehead atoms. The SMILES string of the molecule is C.C=CNC(=C)NC(CC)c1cc(-c2ccc(C)c(C#N)c2)cs1.CCC. The van der Waals surface area contributed by atoms with Gasteiger partial charge in [-0.05, 0) is 53.7 Å². The van der Waals surface area contributed by atoms with Gasteiger partial charge in [-0.25, -0.2) is 0 Å². The van der Waals surface area contributed by atoms with Gasteiger partial charge in [0.2, 0.25) is 0 Å². The Morgan fingerprint density at radius 1 is 1.26 bits per heavy atom. The highest BCUT2D eigenvalue weighted by Gasteiger charge is 2.13. The summed E-state index contributed by atoms with van der Waals surface area (Å²) in [5.41, 5.74) is 3.95. The second-order valence-electron chi connectivity index (χ2n) is 6.02. The van der Waals surface area contributed by atoms with Crippen molar-refractivity contribution in [2.45, 2.75) is 54.0 Å². The number of nitrogens with zero attached hydrogens (tertiary/aromatic N) is 1. The van der Waals surface area contributed by atoms with Crippen LogP contribution in [0.2, 0.25) is 0 Å². The fourth-order valence-electron chi connectivity index (χ4n) is 2.36. The van der Waals surface area contributed by atoms with E-state index in [1.165, 1.54) is 11.3 Å². The summed E-state index contributed by atoms with van der Waals surface area (Å²) in [5, 5.41) is 17.7. The monoisotopic (exact) mass is 383 g/mol. The van der Waals surface area contributed by atoms with Crippen LogP contribution in [0, 0.1) is 18.3 Å². The Bertz CT molecular complexity index is 768. The highest BCUT2D eigenvalue weighted by atomic mass is 32.1. The highest BCUT2D eigenvalue weighted by Crippen LogP contribution is 2.31. The van der Waals surface area contributed by atoms with Crippen molar-refractivity contribution in [3.05, 3.63) is 70.8 Å². The first-order valence-corrected chi connectivity index (χ1v) is 9.80. The molecule has 1 atom stereocenters. The molecule has 0 fully saturated rings. The Balaban J connectivity index is 0.00000158. The summed E-state index contributed by atoms with van der Waals surface area (Å²) in [5.74, 6) is 0.740. The molecule has 0 saturated carbocycles. The van der Waals surface area contributed by atoms with Crippen molar-refractivity contribution >= 4 is 11.3 Å². The van der Waals surface area contributed by atoms with E-state index < -0.39 is 0 Å². The average molecular weight is 384 g/mol. The zero-order chi connectivity index (χ0) is 19.5. The van der Waals surface area contributed by atoms with Crippen LogP contribution in [0.3, 0.4) is 0 Å². The second kappa shape index (κ2) is 12.8. The molecule has 0 saturated heterocycles. The van der Waals surface area contributed by atoms with Gasteiger partial charge >= 0.3 is 0 Å². The van der Waals surface area contributed by atoms with Crippen LogP contribution in [0.15, 0.2) is 54.8 Å². The van der Waals surface area contributed by atoms with Gasteiger partial charge in [-0.3, -0.25) is 0 Å². The average Bonchev–Trinajstić information content (AvgIpc) is 3.11. The standard InChI is InChI=1S/C19H21N3S.C3H8.CH4/c1-5-18(22-14(4)21-6-2)19-10-17(12-23-19)15-8-7-13(3)16(9-15)11-20;1-3-2;/h6-10,12,18,21-22H,2,4-5H2,1,3H3;3H2,1-2H3;1H4. The molecule has 2 rings (SSSR count). The van der Waals surface area contributed by atoms with Gasteiger partial charge in [0.25, 0.3) is 0 Å². The van der Waals surface area contributed by atoms with Crippen molar-refractivity contribution in [1.29, 1.82) is 5.26 Å². The lowest BCUT2D eigenvalue weighted by Gasteiger charge is -2.18. The van der Waals surface area contributed by atoms with Crippen LogP contribution in [0.1, 0.15) is 63.1 Å². The predicted molar refractivity (Wildman–Crippen MR) is 121 cm³/mol. The Hall–Kier alpha value is -2.51. The van der Waals surface area contributed by atoms with E-state index >= 15 is 0 Å². The van der Waals surface area contributed by atoms with E-state index in [4.69, 9.17) is 0 Å². The topological polar surface area (TPSA) is 47.8 Å². The summed E-state index contributed by atoms with van der Waals surface area (Å²) in [6.07, 6.45) is 3.81. The number of thiophene rings is 1. The number of hydrogen-bond acceptors (Lipinski definition) is 4. The minimum absolute atomic E-state index is 0. The maximum Gasteiger partial charge on any atom is 0.0994 e. The van der Waals surface area contributed by atoms with E-state index in [9.17, 15) is 5.26 Å². The largest absolute Gasteiger partial charge is 0.365 e. The van der Waals surface area contributed by atoms with Gasteiger partial charge in [0.05, 0.1) is 23.5 Å². The van der Waals surface area contributed by atoms with Crippen LogP contribution in [0.25, 0.3) is 11.1 Å². The molecule has 2 aromatic rings. The van der Waals surface area contributed by atoms with Crippen LogP contribution in [0.4, 0.5) is 0 Å². The maximum atomic E-state index is 9.19. The zero-order valence-electron chi connectivity index (χ0n) is 16.2. The molecule has 0 aliphatic rings. The maximum absolute atomic E-state index is 9.19. The molecule has 0 amide bonds. The first-order valence-electron chi connectivity index (χ1n) is 8.92. The molecule has 0 radical (unpaired) electrons. The van der Waals surface area contributed by atoms with E-state index in [2.05, 4.69) is 68.1 Å². The van der Waals surface area contributed by atoms with Crippen molar-refractivity contribution in [3.63, 3.8) is 0 Å². The van der Waals surface area contributed by atoms with E-state index in [0.717, 1.165) is 34.5 Å².